The van der Waals surface area contributed by atoms with Crippen molar-refractivity contribution in [1.82, 2.24) is 9.97 Å². The lowest BCUT2D eigenvalue weighted by Gasteiger charge is -2.03. The van der Waals surface area contributed by atoms with Crippen molar-refractivity contribution >= 4 is 17.6 Å². The number of methoxy groups -OCH3 is 1. The molecule has 0 aliphatic carbocycles. The van der Waals surface area contributed by atoms with E-state index in [0.29, 0.717) is 17.1 Å². The highest BCUT2D eigenvalue weighted by Crippen LogP contribution is 2.19. The summed E-state index contributed by atoms with van der Waals surface area (Å²) in [7, 11) is 1.58. The van der Waals surface area contributed by atoms with Gasteiger partial charge in [0.05, 0.1) is 12.8 Å². The normalized spacial score (nSPS) is 11.2. The number of aromatic nitrogens is 2. The average Bonchev–Trinajstić information content (AvgIpc) is 2.63. The van der Waals surface area contributed by atoms with Crippen LogP contribution >= 0.6 is 0 Å². The Morgan fingerprint density at radius 2 is 1.88 bits per heavy atom. The van der Waals surface area contributed by atoms with Crippen LogP contribution in [0, 0.1) is 5.82 Å². The summed E-state index contributed by atoms with van der Waals surface area (Å²) in [6, 6.07) is 14.2. The summed E-state index contributed by atoms with van der Waals surface area (Å²) in [6.07, 6.45) is 0. The minimum atomic E-state index is -0.347. The lowest BCUT2D eigenvalue weighted by Crippen LogP contribution is -2.73. The van der Waals surface area contributed by atoms with Gasteiger partial charge in [-0.05, 0) is 48.5 Å². The van der Waals surface area contributed by atoms with Crippen LogP contribution in [0.5, 0.6) is 5.75 Å². The molecule has 0 amide bonds. The van der Waals surface area contributed by atoms with Gasteiger partial charge in [0.1, 0.15) is 17.3 Å². The highest BCUT2D eigenvalue weighted by Gasteiger charge is 2.09. The molecule has 132 valence electrons. The standard InChI is InChI=1S/C18H16FN5O2/c1-26-14-8-2-11(3-9-14)15-10-16(25)23-18(22-15)24-17(20)21-13-6-4-12(19)5-7-13/h2-10H,1H3,(H4,20,21,22,23,24,25)/p+1. The number of nitrogens with one attached hydrogen (secondary N) is 3. The summed E-state index contributed by atoms with van der Waals surface area (Å²) in [5.74, 6) is 0.667. The Balaban J connectivity index is 1.86. The molecule has 8 heteroatoms. The maximum atomic E-state index is 12.9. The third kappa shape index (κ3) is 4.23. The Hall–Kier alpha value is -3.68. The Morgan fingerprint density at radius 1 is 1.19 bits per heavy atom. The predicted molar refractivity (Wildman–Crippen MR) is 96.7 cm³/mol. The first-order valence-electron chi connectivity index (χ1n) is 7.71. The van der Waals surface area contributed by atoms with Crippen molar-refractivity contribution in [3.8, 4) is 17.0 Å². The van der Waals surface area contributed by atoms with E-state index < -0.39 is 0 Å². The molecule has 0 saturated heterocycles. The number of nitrogens with zero attached hydrogens (tertiary/aromatic N) is 1. The van der Waals surface area contributed by atoms with Gasteiger partial charge >= 0.3 is 5.95 Å². The zero-order chi connectivity index (χ0) is 18.5. The summed E-state index contributed by atoms with van der Waals surface area (Å²) in [5.41, 5.74) is 7.37. The Morgan fingerprint density at radius 3 is 2.54 bits per heavy atom. The fourth-order valence-corrected chi connectivity index (χ4v) is 2.27. The summed E-state index contributed by atoms with van der Waals surface area (Å²) in [5, 5.41) is 2.85. The van der Waals surface area contributed by atoms with Gasteiger partial charge < -0.3 is 10.5 Å². The SMILES string of the molecule is COc1ccc(-c2cc(=O)[nH]c([NH+]=C(N)Nc3ccc(F)cc3)n2)cc1. The van der Waals surface area contributed by atoms with Crippen LogP contribution in [0.4, 0.5) is 16.0 Å². The van der Waals surface area contributed by atoms with Gasteiger partial charge in [-0.1, -0.05) is 0 Å². The zero-order valence-corrected chi connectivity index (χ0v) is 13.9. The van der Waals surface area contributed by atoms with Crippen LogP contribution in [-0.4, -0.2) is 23.0 Å². The van der Waals surface area contributed by atoms with Gasteiger partial charge in [0.2, 0.25) is 0 Å². The molecule has 1 aromatic heterocycles. The molecule has 1 heterocycles. The van der Waals surface area contributed by atoms with E-state index in [1.165, 1.54) is 30.3 Å². The molecule has 0 aliphatic rings. The van der Waals surface area contributed by atoms with E-state index in [4.69, 9.17) is 10.5 Å². The van der Waals surface area contributed by atoms with Gasteiger partial charge in [0.15, 0.2) is 0 Å². The predicted octanol–water partition coefficient (Wildman–Crippen LogP) is 0.723. The second-order valence-corrected chi connectivity index (χ2v) is 5.38. The van der Waals surface area contributed by atoms with Crippen molar-refractivity contribution in [3.05, 3.63) is 70.8 Å². The molecule has 3 rings (SSSR count). The van der Waals surface area contributed by atoms with Crippen LogP contribution in [0.1, 0.15) is 0 Å². The number of aromatic amines is 1. The number of ether oxygens (including phenoxy) is 1. The molecule has 0 spiro atoms. The molecule has 0 saturated carbocycles. The maximum absolute atomic E-state index is 12.9. The van der Waals surface area contributed by atoms with Gasteiger partial charge in [-0.15, -0.1) is 4.98 Å². The number of nitrogens with two attached hydrogens (primary N) is 1. The minimum absolute atomic E-state index is 0.131. The van der Waals surface area contributed by atoms with Crippen LogP contribution in [0.25, 0.3) is 11.3 Å². The minimum Gasteiger partial charge on any atom is -0.497 e. The van der Waals surface area contributed by atoms with E-state index >= 15 is 0 Å². The van der Waals surface area contributed by atoms with Gasteiger partial charge in [-0.25, -0.2) is 14.4 Å². The number of hydrogen-bond acceptors (Lipinski definition) is 3. The van der Waals surface area contributed by atoms with Crippen molar-refractivity contribution < 1.29 is 14.1 Å². The first-order valence-corrected chi connectivity index (χ1v) is 7.71. The number of rotatable bonds is 4. The molecular weight excluding hydrogens is 337 g/mol. The summed E-state index contributed by atoms with van der Waals surface area (Å²) in [4.78, 5) is 21.6. The van der Waals surface area contributed by atoms with Crippen LogP contribution in [0.3, 0.4) is 0 Å². The number of benzene rings is 2. The van der Waals surface area contributed by atoms with Crippen LogP contribution < -0.4 is 26.3 Å². The quantitative estimate of drug-likeness (QED) is 0.408. The lowest BCUT2D eigenvalue weighted by molar-refractivity contribution is -0.365. The molecular formula is C18H17FN5O2+. The van der Waals surface area contributed by atoms with E-state index in [0.717, 1.165) is 5.56 Å². The molecule has 7 nitrogen and oxygen atoms in total. The van der Waals surface area contributed by atoms with Crippen LogP contribution in [0.15, 0.2) is 59.4 Å². The summed E-state index contributed by atoms with van der Waals surface area (Å²) >= 11 is 0. The molecule has 2 aromatic carbocycles. The number of halogens is 1. The molecule has 0 aliphatic heterocycles. The second kappa shape index (κ2) is 7.47. The number of hydrogen-bond donors (Lipinski definition) is 4. The van der Waals surface area contributed by atoms with Gasteiger partial charge in [-0.2, -0.15) is 0 Å². The fraction of sp³-hybridized carbons (Fsp3) is 0.0556. The average molecular weight is 354 g/mol. The molecule has 0 radical (unpaired) electrons. The van der Waals surface area contributed by atoms with Crippen molar-refractivity contribution in [2.45, 2.75) is 0 Å². The monoisotopic (exact) mass is 354 g/mol. The maximum Gasteiger partial charge on any atom is 0.326 e. The van der Waals surface area contributed by atoms with Gasteiger partial charge in [-0.3, -0.25) is 10.1 Å². The number of guanidine groups is 1. The number of anilines is 1. The van der Waals surface area contributed by atoms with Crippen LogP contribution in [0.2, 0.25) is 0 Å². The third-order valence-corrected chi connectivity index (χ3v) is 3.50. The second-order valence-electron chi connectivity index (χ2n) is 5.38. The fourth-order valence-electron chi connectivity index (χ4n) is 2.27. The van der Waals surface area contributed by atoms with E-state index in [1.807, 2.05) is 0 Å². The summed E-state index contributed by atoms with van der Waals surface area (Å²) < 4.78 is 18.0. The molecule has 0 bridgehead atoms. The van der Waals surface area contributed by atoms with E-state index in [-0.39, 0.29) is 23.3 Å². The molecule has 0 atom stereocenters. The van der Waals surface area contributed by atoms with Crippen molar-refractivity contribution in [2.75, 3.05) is 12.4 Å². The highest BCUT2D eigenvalue weighted by atomic mass is 19.1. The Bertz CT molecular complexity index is 982. The van der Waals surface area contributed by atoms with E-state index in [1.54, 1.807) is 31.4 Å². The third-order valence-electron chi connectivity index (χ3n) is 3.50. The Kier molecular flexibility index (Phi) is 4.93. The van der Waals surface area contributed by atoms with Gasteiger partial charge in [0.25, 0.3) is 11.5 Å². The largest absolute Gasteiger partial charge is 0.497 e. The molecule has 0 unspecified atom stereocenters. The molecule has 26 heavy (non-hydrogen) atoms. The highest BCUT2D eigenvalue weighted by molar-refractivity contribution is 5.88. The Labute approximate surface area is 148 Å². The van der Waals surface area contributed by atoms with Crippen molar-refractivity contribution in [1.29, 1.82) is 0 Å². The number of H-pyrrole nitrogens is 1. The molecule has 0 fully saturated rings. The zero-order valence-electron chi connectivity index (χ0n) is 13.9. The van der Waals surface area contributed by atoms with E-state index in [9.17, 15) is 9.18 Å². The summed E-state index contributed by atoms with van der Waals surface area (Å²) in [6.45, 7) is 0. The topological polar surface area (TPSA) is 107 Å². The smallest absolute Gasteiger partial charge is 0.326 e. The lowest BCUT2D eigenvalue weighted by atomic mass is 10.1. The van der Waals surface area contributed by atoms with Gasteiger partial charge in [0, 0.05) is 11.6 Å². The first-order chi connectivity index (χ1) is 12.5. The molecule has 3 aromatic rings. The van der Waals surface area contributed by atoms with E-state index in [2.05, 4.69) is 20.3 Å². The first kappa shape index (κ1) is 17.2. The van der Waals surface area contributed by atoms with Crippen LogP contribution in [-0.2, 0) is 0 Å². The van der Waals surface area contributed by atoms with Crippen molar-refractivity contribution in [2.24, 2.45) is 5.73 Å². The van der Waals surface area contributed by atoms with Crippen molar-refractivity contribution in [3.63, 3.8) is 0 Å². The molecule has 5 N–H and O–H groups in total.